The third-order valence-electron chi connectivity index (χ3n) is 1.18. The highest BCUT2D eigenvalue weighted by molar-refractivity contribution is 9.10. The molecule has 0 heterocycles. The monoisotopic (exact) mass is 216 g/mol. The van der Waals surface area contributed by atoms with Gasteiger partial charge in [0.05, 0.1) is 5.02 Å². The Bertz CT molecular complexity index is 255. The molecule has 0 spiro atoms. The summed E-state index contributed by atoms with van der Waals surface area (Å²) in [7, 11) is 0. The Labute approximate surface area is 73.6 Å². The fraction of sp³-hybridized carbons (Fsp3) is 0. The molecule has 0 aliphatic rings. The summed E-state index contributed by atoms with van der Waals surface area (Å²) in [6.45, 7) is 3.64. The van der Waals surface area contributed by atoms with Gasteiger partial charge in [0.25, 0.3) is 0 Å². The van der Waals surface area contributed by atoms with Crippen LogP contribution in [0.15, 0.2) is 29.3 Å². The lowest BCUT2D eigenvalue weighted by Gasteiger charge is -1.95. The van der Waals surface area contributed by atoms with Crippen LogP contribution in [0.3, 0.4) is 0 Å². The Balaban J connectivity index is 3.16. The average molecular weight is 217 g/mol. The molecule has 0 amide bonds. The van der Waals surface area contributed by atoms with Gasteiger partial charge in [0, 0.05) is 4.47 Å². The van der Waals surface area contributed by atoms with E-state index in [1.807, 2.05) is 18.2 Å². The first-order chi connectivity index (χ1) is 4.74. The Morgan fingerprint density at radius 1 is 1.50 bits per heavy atom. The molecular weight excluding hydrogens is 211 g/mol. The zero-order valence-electron chi connectivity index (χ0n) is 5.27. The van der Waals surface area contributed by atoms with Gasteiger partial charge >= 0.3 is 0 Å². The fourth-order valence-electron chi connectivity index (χ4n) is 0.639. The Kier molecular flexibility index (Phi) is 2.52. The summed E-state index contributed by atoms with van der Waals surface area (Å²) in [6.07, 6.45) is 1.78. The molecule has 0 atom stereocenters. The van der Waals surface area contributed by atoms with E-state index in [2.05, 4.69) is 22.5 Å². The minimum absolute atomic E-state index is 0.727. The standard InChI is InChI=1S/C8H6BrCl/c1-2-6-3-4-8(10)7(9)5-6/h2-5H,1H2. The van der Waals surface area contributed by atoms with Gasteiger partial charge in [-0.25, -0.2) is 0 Å². The van der Waals surface area contributed by atoms with Gasteiger partial charge in [-0.1, -0.05) is 30.3 Å². The van der Waals surface area contributed by atoms with E-state index in [4.69, 9.17) is 11.6 Å². The van der Waals surface area contributed by atoms with Crippen LogP contribution in [0.25, 0.3) is 6.08 Å². The number of rotatable bonds is 1. The van der Waals surface area contributed by atoms with Crippen molar-refractivity contribution in [3.05, 3.63) is 39.8 Å². The molecule has 0 nitrogen and oxygen atoms in total. The van der Waals surface area contributed by atoms with Gasteiger partial charge < -0.3 is 0 Å². The second kappa shape index (κ2) is 3.22. The lowest BCUT2D eigenvalue weighted by molar-refractivity contribution is 1.61. The van der Waals surface area contributed by atoms with E-state index < -0.39 is 0 Å². The molecule has 1 aromatic rings. The van der Waals surface area contributed by atoms with Crippen molar-refractivity contribution < 1.29 is 0 Å². The summed E-state index contributed by atoms with van der Waals surface area (Å²) in [5.74, 6) is 0. The van der Waals surface area contributed by atoms with Crippen molar-refractivity contribution in [2.75, 3.05) is 0 Å². The zero-order chi connectivity index (χ0) is 7.56. The first kappa shape index (κ1) is 7.83. The molecule has 2 heteroatoms. The topological polar surface area (TPSA) is 0 Å². The molecule has 0 unspecified atom stereocenters. The second-order valence-electron chi connectivity index (χ2n) is 1.88. The largest absolute Gasteiger partial charge is 0.0985 e. The summed E-state index contributed by atoms with van der Waals surface area (Å²) in [4.78, 5) is 0. The van der Waals surface area contributed by atoms with E-state index in [0.29, 0.717) is 0 Å². The molecule has 0 bridgehead atoms. The van der Waals surface area contributed by atoms with Crippen molar-refractivity contribution in [3.8, 4) is 0 Å². The Hall–Kier alpha value is -0.270. The second-order valence-corrected chi connectivity index (χ2v) is 3.14. The van der Waals surface area contributed by atoms with Crippen molar-refractivity contribution in [2.45, 2.75) is 0 Å². The van der Waals surface area contributed by atoms with Crippen molar-refractivity contribution in [2.24, 2.45) is 0 Å². The molecular formula is C8H6BrCl. The van der Waals surface area contributed by atoms with Gasteiger partial charge in [-0.2, -0.15) is 0 Å². The van der Waals surface area contributed by atoms with Gasteiger partial charge in [-0.3, -0.25) is 0 Å². The molecule has 0 radical (unpaired) electrons. The molecule has 0 aliphatic carbocycles. The van der Waals surface area contributed by atoms with E-state index in [1.54, 1.807) is 6.08 Å². The third-order valence-corrected chi connectivity index (χ3v) is 2.39. The van der Waals surface area contributed by atoms with Gasteiger partial charge in [0.2, 0.25) is 0 Å². The summed E-state index contributed by atoms with van der Waals surface area (Å²) in [5.41, 5.74) is 1.07. The first-order valence-corrected chi connectivity index (χ1v) is 3.98. The molecule has 1 rings (SSSR count). The maximum Gasteiger partial charge on any atom is 0.0548 e. The Morgan fingerprint density at radius 3 is 2.70 bits per heavy atom. The maximum atomic E-state index is 5.76. The normalized spacial score (nSPS) is 9.40. The van der Waals surface area contributed by atoms with Crippen LogP contribution >= 0.6 is 27.5 Å². The highest BCUT2D eigenvalue weighted by atomic mass is 79.9. The van der Waals surface area contributed by atoms with Crippen molar-refractivity contribution >= 4 is 33.6 Å². The molecule has 0 aliphatic heterocycles. The van der Waals surface area contributed by atoms with Gasteiger partial charge in [-0.05, 0) is 33.6 Å². The Morgan fingerprint density at radius 2 is 2.20 bits per heavy atom. The predicted molar refractivity (Wildman–Crippen MR) is 49.2 cm³/mol. The van der Waals surface area contributed by atoms with Crippen LogP contribution in [0.5, 0.6) is 0 Å². The molecule has 10 heavy (non-hydrogen) atoms. The van der Waals surface area contributed by atoms with E-state index >= 15 is 0 Å². The lowest BCUT2D eigenvalue weighted by Crippen LogP contribution is -1.71. The van der Waals surface area contributed by atoms with Gasteiger partial charge in [0.15, 0.2) is 0 Å². The van der Waals surface area contributed by atoms with Crippen molar-refractivity contribution in [3.63, 3.8) is 0 Å². The SMILES string of the molecule is C=Cc1ccc(Cl)c(Br)c1. The van der Waals surface area contributed by atoms with Crippen LogP contribution in [0.2, 0.25) is 5.02 Å². The van der Waals surface area contributed by atoms with Crippen LogP contribution in [0, 0.1) is 0 Å². The molecule has 52 valence electrons. The quantitative estimate of drug-likeness (QED) is 0.672. The van der Waals surface area contributed by atoms with Gasteiger partial charge in [0.1, 0.15) is 0 Å². The third kappa shape index (κ3) is 1.61. The van der Waals surface area contributed by atoms with E-state index in [-0.39, 0.29) is 0 Å². The molecule has 0 N–H and O–H groups in total. The number of hydrogen-bond acceptors (Lipinski definition) is 0. The fourth-order valence-corrected chi connectivity index (χ4v) is 1.15. The summed E-state index contributed by atoms with van der Waals surface area (Å²) >= 11 is 9.06. The lowest BCUT2D eigenvalue weighted by atomic mass is 10.2. The smallest absolute Gasteiger partial charge is 0.0548 e. The van der Waals surface area contributed by atoms with Crippen LogP contribution in [-0.2, 0) is 0 Å². The van der Waals surface area contributed by atoms with Crippen LogP contribution < -0.4 is 0 Å². The molecule has 0 saturated carbocycles. The van der Waals surface area contributed by atoms with Crippen LogP contribution in [0.4, 0.5) is 0 Å². The average Bonchev–Trinajstić information content (AvgIpc) is 1.95. The summed E-state index contributed by atoms with van der Waals surface area (Å²) in [5, 5.41) is 0.727. The van der Waals surface area contributed by atoms with Crippen molar-refractivity contribution in [1.29, 1.82) is 0 Å². The summed E-state index contributed by atoms with van der Waals surface area (Å²) < 4.78 is 0.909. The summed E-state index contributed by atoms with van der Waals surface area (Å²) in [6, 6.07) is 5.68. The predicted octanol–water partition coefficient (Wildman–Crippen LogP) is 3.75. The number of halogens is 2. The zero-order valence-corrected chi connectivity index (χ0v) is 7.61. The van der Waals surface area contributed by atoms with E-state index in [1.165, 1.54) is 0 Å². The number of benzene rings is 1. The maximum absolute atomic E-state index is 5.76. The van der Waals surface area contributed by atoms with Gasteiger partial charge in [-0.15, -0.1) is 0 Å². The molecule has 0 aromatic heterocycles. The molecule has 1 aromatic carbocycles. The van der Waals surface area contributed by atoms with E-state index in [9.17, 15) is 0 Å². The molecule has 0 saturated heterocycles. The highest BCUT2D eigenvalue weighted by Gasteiger charge is 1.94. The highest BCUT2D eigenvalue weighted by Crippen LogP contribution is 2.23. The van der Waals surface area contributed by atoms with E-state index in [0.717, 1.165) is 15.1 Å². The molecule has 0 fully saturated rings. The number of hydrogen-bond donors (Lipinski definition) is 0. The van der Waals surface area contributed by atoms with Crippen LogP contribution in [-0.4, -0.2) is 0 Å². The minimum Gasteiger partial charge on any atom is -0.0985 e. The minimum atomic E-state index is 0.727. The first-order valence-electron chi connectivity index (χ1n) is 2.81. The van der Waals surface area contributed by atoms with Crippen LogP contribution in [0.1, 0.15) is 5.56 Å². The van der Waals surface area contributed by atoms with Crippen molar-refractivity contribution in [1.82, 2.24) is 0 Å².